The van der Waals surface area contributed by atoms with Gasteiger partial charge in [0.15, 0.2) is 0 Å². The predicted octanol–water partition coefficient (Wildman–Crippen LogP) is -0.319. The molecule has 1 saturated heterocycles. The van der Waals surface area contributed by atoms with Gasteiger partial charge in [-0.15, -0.1) is 0 Å². The summed E-state index contributed by atoms with van der Waals surface area (Å²) in [5, 5.41) is 0. The molecule has 0 saturated carbocycles. The van der Waals surface area contributed by atoms with E-state index in [1.165, 1.54) is 0 Å². The summed E-state index contributed by atoms with van der Waals surface area (Å²) in [6.07, 6.45) is 1.80. The number of hydrogen-bond acceptors (Lipinski definition) is 3. The lowest BCUT2D eigenvalue weighted by Gasteiger charge is -2.30. The molecule has 1 rings (SSSR count). The Balaban J connectivity index is 2.25. The van der Waals surface area contributed by atoms with E-state index in [0.29, 0.717) is 6.04 Å². The van der Waals surface area contributed by atoms with Gasteiger partial charge in [-0.1, -0.05) is 0 Å². The lowest BCUT2D eigenvalue weighted by molar-refractivity contribution is 0.0412. The fourth-order valence-corrected chi connectivity index (χ4v) is 1.38. The van der Waals surface area contributed by atoms with Gasteiger partial charge in [0.1, 0.15) is 0 Å². The maximum Gasteiger partial charge on any atom is 0.314 e. The molecule has 12 heavy (non-hydrogen) atoms. The molecule has 0 aromatic heterocycles. The van der Waals surface area contributed by atoms with E-state index in [0.717, 1.165) is 25.9 Å². The number of nitrogens with two attached hydrogens (primary N) is 1. The number of urea groups is 1. The van der Waals surface area contributed by atoms with Crippen molar-refractivity contribution in [2.45, 2.75) is 18.9 Å². The number of primary amides is 1. The first-order valence-corrected chi connectivity index (χ1v) is 4.07. The van der Waals surface area contributed by atoms with E-state index >= 15 is 0 Å². The minimum atomic E-state index is -0.328. The molecular weight excluding hydrogens is 158 g/mol. The molecule has 5 heteroatoms. The fraction of sp³-hybridized carbons (Fsp3) is 0.857. The summed E-state index contributed by atoms with van der Waals surface area (Å²) < 4.78 is 0. The van der Waals surface area contributed by atoms with E-state index in [1.54, 1.807) is 12.0 Å². The van der Waals surface area contributed by atoms with Crippen molar-refractivity contribution < 1.29 is 9.63 Å². The number of carbonyl (C=O) groups excluding carboxylic acids is 1. The third-order valence-electron chi connectivity index (χ3n) is 2.09. The van der Waals surface area contributed by atoms with Gasteiger partial charge >= 0.3 is 6.03 Å². The van der Waals surface area contributed by atoms with Crippen LogP contribution in [-0.2, 0) is 4.84 Å². The van der Waals surface area contributed by atoms with Crippen molar-refractivity contribution in [2.75, 3.05) is 20.2 Å². The number of piperidine rings is 1. The highest BCUT2D eigenvalue weighted by Gasteiger charge is 2.20. The van der Waals surface area contributed by atoms with Crippen molar-refractivity contribution in [1.29, 1.82) is 0 Å². The molecular formula is C7H15N3O2. The molecule has 0 radical (unpaired) electrons. The number of likely N-dealkylation sites (tertiary alicyclic amines) is 1. The quantitative estimate of drug-likeness (QED) is 0.562. The van der Waals surface area contributed by atoms with Gasteiger partial charge in [-0.3, -0.25) is 0 Å². The van der Waals surface area contributed by atoms with Gasteiger partial charge in [0.2, 0.25) is 0 Å². The second-order valence-electron chi connectivity index (χ2n) is 2.92. The summed E-state index contributed by atoms with van der Waals surface area (Å²) in [6.45, 7) is 1.44. The van der Waals surface area contributed by atoms with E-state index in [1.807, 2.05) is 0 Å². The van der Waals surface area contributed by atoms with Gasteiger partial charge in [0, 0.05) is 19.1 Å². The van der Waals surface area contributed by atoms with Crippen LogP contribution in [0.3, 0.4) is 0 Å². The van der Waals surface area contributed by atoms with E-state index in [2.05, 4.69) is 5.48 Å². The number of nitrogens with one attached hydrogen (secondary N) is 1. The number of hydroxylamine groups is 1. The fourth-order valence-electron chi connectivity index (χ4n) is 1.38. The second kappa shape index (κ2) is 4.27. The summed E-state index contributed by atoms with van der Waals surface area (Å²) >= 11 is 0. The molecule has 0 aliphatic carbocycles. The SMILES string of the molecule is CONC1CCN(C(N)=O)CC1. The molecule has 1 aliphatic heterocycles. The van der Waals surface area contributed by atoms with Crippen LogP contribution in [0.4, 0.5) is 4.79 Å². The largest absolute Gasteiger partial charge is 0.351 e. The minimum Gasteiger partial charge on any atom is -0.351 e. The van der Waals surface area contributed by atoms with Crippen LogP contribution in [0.25, 0.3) is 0 Å². The summed E-state index contributed by atoms with van der Waals surface area (Å²) in [7, 11) is 1.60. The van der Waals surface area contributed by atoms with Gasteiger partial charge < -0.3 is 15.5 Å². The molecule has 70 valence electrons. The summed E-state index contributed by atoms with van der Waals surface area (Å²) in [6, 6.07) is 0.0245. The van der Waals surface area contributed by atoms with Crippen molar-refractivity contribution in [3.63, 3.8) is 0 Å². The van der Waals surface area contributed by atoms with Crippen LogP contribution in [0, 0.1) is 0 Å². The highest BCUT2D eigenvalue weighted by Crippen LogP contribution is 2.09. The molecule has 0 spiro atoms. The van der Waals surface area contributed by atoms with Crippen LogP contribution in [0.2, 0.25) is 0 Å². The maximum absolute atomic E-state index is 10.7. The minimum absolute atomic E-state index is 0.328. The first-order chi connectivity index (χ1) is 5.74. The van der Waals surface area contributed by atoms with E-state index < -0.39 is 0 Å². The Morgan fingerprint density at radius 1 is 1.58 bits per heavy atom. The van der Waals surface area contributed by atoms with Gasteiger partial charge in [0.25, 0.3) is 0 Å². The summed E-state index contributed by atoms with van der Waals surface area (Å²) in [5.74, 6) is 0. The van der Waals surface area contributed by atoms with E-state index in [9.17, 15) is 4.79 Å². The normalized spacial score (nSPS) is 19.6. The zero-order valence-electron chi connectivity index (χ0n) is 7.25. The van der Waals surface area contributed by atoms with Gasteiger partial charge in [0.05, 0.1) is 7.11 Å². The molecule has 1 aliphatic rings. The van der Waals surface area contributed by atoms with Crippen molar-refractivity contribution in [3.05, 3.63) is 0 Å². The Kier molecular flexibility index (Phi) is 3.31. The predicted molar refractivity (Wildman–Crippen MR) is 44.3 cm³/mol. The highest BCUT2D eigenvalue weighted by atomic mass is 16.6. The molecule has 1 heterocycles. The Morgan fingerprint density at radius 3 is 2.58 bits per heavy atom. The van der Waals surface area contributed by atoms with E-state index in [4.69, 9.17) is 10.6 Å². The van der Waals surface area contributed by atoms with Crippen molar-refractivity contribution >= 4 is 6.03 Å². The lowest BCUT2D eigenvalue weighted by atomic mass is 10.1. The van der Waals surface area contributed by atoms with Crippen molar-refractivity contribution in [1.82, 2.24) is 10.4 Å². The second-order valence-corrected chi connectivity index (χ2v) is 2.92. The zero-order chi connectivity index (χ0) is 8.97. The Hall–Kier alpha value is -0.810. The number of amides is 2. The average Bonchev–Trinajstić information content (AvgIpc) is 2.06. The zero-order valence-corrected chi connectivity index (χ0v) is 7.25. The van der Waals surface area contributed by atoms with Crippen LogP contribution < -0.4 is 11.2 Å². The summed E-state index contributed by atoms with van der Waals surface area (Å²) in [5.41, 5.74) is 7.99. The molecule has 1 fully saturated rings. The third-order valence-corrected chi connectivity index (χ3v) is 2.09. The molecule has 0 aromatic rings. The Bertz CT molecular complexity index is 155. The van der Waals surface area contributed by atoms with Crippen molar-refractivity contribution in [3.8, 4) is 0 Å². The first-order valence-electron chi connectivity index (χ1n) is 4.07. The van der Waals surface area contributed by atoms with Crippen LogP contribution in [0.15, 0.2) is 0 Å². The molecule has 0 aromatic carbocycles. The monoisotopic (exact) mass is 173 g/mol. The molecule has 3 N–H and O–H groups in total. The van der Waals surface area contributed by atoms with Crippen molar-refractivity contribution in [2.24, 2.45) is 5.73 Å². The standard InChI is InChI=1S/C7H15N3O2/c1-12-9-6-2-4-10(5-3-6)7(8)11/h6,9H,2-5H2,1H3,(H2,8,11). The van der Waals surface area contributed by atoms with Gasteiger partial charge in [-0.2, -0.15) is 5.48 Å². The van der Waals surface area contributed by atoms with Crippen LogP contribution >= 0.6 is 0 Å². The topological polar surface area (TPSA) is 67.6 Å². The van der Waals surface area contributed by atoms with Crippen LogP contribution in [0.1, 0.15) is 12.8 Å². The van der Waals surface area contributed by atoms with E-state index in [-0.39, 0.29) is 6.03 Å². The summed E-state index contributed by atoms with van der Waals surface area (Å²) in [4.78, 5) is 17.2. The average molecular weight is 173 g/mol. The number of rotatable bonds is 2. The molecule has 0 unspecified atom stereocenters. The molecule has 5 nitrogen and oxygen atoms in total. The molecule has 0 atom stereocenters. The van der Waals surface area contributed by atoms with Gasteiger partial charge in [-0.25, -0.2) is 4.79 Å². The molecule has 0 bridgehead atoms. The lowest BCUT2D eigenvalue weighted by Crippen LogP contribution is -2.46. The van der Waals surface area contributed by atoms with Crippen LogP contribution in [0.5, 0.6) is 0 Å². The third kappa shape index (κ3) is 2.35. The van der Waals surface area contributed by atoms with Gasteiger partial charge in [-0.05, 0) is 12.8 Å². The Labute approximate surface area is 71.8 Å². The molecule has 2 amide bonds. The number of nitrogens with zero attached hydrogens (tertiary/aromatic N) is 1. The number of hydrogen-bond donors (Lipinski definition) is 2. The number of carbonyl (C=O) groups is 1. The highest BCUT2D eigenvalue weighted by molar-refractivity contribution is 5.72. The first kappa shape index (κ1) is 9.28. The Morgan fingerprint density at radius 2 is 2.17 bits per heavy atom. The van der Waals surface area contributed by atoms with Crippen LogP contribution in [-0.4, -0.2) is 37.2 Å². The maximum atomic E-state index is 10.7. The smallest absolute Gasteiger partial charge is 0.314 e.